The molecule has 5 nitrogen and oxygen atoms in total. The Morgan fingerprint density at radius 3 is 2.81 bits per heavy atom. The SMILES string of the molecule is CCCOC(=O)c1ccc(I)cc1[N+](=O)[O-]. The van der Waals surface area contributed by atoms with Crippen molar-refractivity contribution in [2.75, 3.05) is 6.61 Å². The number of benzene rings is 1. The van der Waals surface area contributed by atoms with Gasteiger partial charge in [0.1, 0.15) is 5.56 Å². The molecule has 6 heteroatoms. The van der Waals surface area contributed by atoms with Gasteiger partial charge in [0.05, 0.1) is 11.5 Å². The van der Waals surface area contributed by atoms with E-state index in [0.29, 0.717) is 9.99 Å². The predicted molar refractivity (Wildman–Crippen MR) is 66.4 cm³/mol. The highest BCUT2D eigenvalue weighted by molar-refractivity contribution is 14.1. The Morgan fingerprint density at radius 1 is 1.56 bits per heavy atom. The summed E-state index contributed by atoms with van der Waals surface area (Å²) in [4.78, 5) is 21.7. The van der Waals surface area contributed by atoms with Gasteiger partial charge in [0.25, 0.3) is 5.69 Å². The van der Waals surface area contributed by atoms with Crippen LogP contribution in [0.1, 0.15) is 23.7 Å². The van der Waals surface area contributed by atoms with Gasteiger partial charge in [0.15, 0.2) is 0 Å². The predicted octanol–water partition coefficient (Wildman–Crippen LogP) is 2.77. The maximum atomic E-state index is 11.5. The van der Waals surface area contributed by atoms with E-state index in [2.05, 4.69) is 0 Å². The number of hydrogen-bond acceptors (Lipinski definition) is 4. The van der Waals surface area contributed by atoms with Crippen molar-refractivity contribution in [2.45, 2.75) is 13.3 Å². The molecule has 0 fully saturated rings. The molecule has 0 amide bonds. The zero-order valence-corrected chi connectivity index (χ0v) is 10.8. The molecular formula is C10H10INO4. The van der Waals surface area contributed by atoms with Crippen molar-refractivity contribution in [3.8, 4) is 0 Å². The first kappa shape index (κ1) is 12.9. The summed E-state index contributed by atoms with van der Waals surface area (Å²) in [7, 11) is 0. The highest BCUT2D eigenvalue weighted by Gasteiger charge is 2.21. The number of hydrogen-bond donors (Lipinski definition) is 0. The number of halogens is 1. The number of esters is 1. The molecule has 0 heterocycles. The van der Waals surface area contributed by atoms with Crippen molar-refractivity contribution < 1.29 is 14.5 Å². The van der Waals surface area contributed by atoms with E-state index in [9.17, 15) is 14.9 Å². The normalized spacial score (nSPS) is 9.88. The van der Waals surface area contributed by atoms with E-state index in [-0.39, 0.29) is 17.9 Å². The molecular weight excluding hydrogens is 325 g/mol. The van der Waals surface area contributed by atoms with E-state index in [1.54, 1.807) is 6.07 Å². The Bertz CT molecular complexity index is 419. The average molecular weight is 335 g/mol. The summed E-state index contributed by atoms with van der Waals surface area (Å²) in [6.45, 7) is 2.12. The van der Waals surface area contributed by atoms with Crippen LogP contribution in [-0.2, 0) is 4.74 Å². The quantitative estimate of drug-likeness (QED) is 0.367. The Kier molecular flexibility index (Phi) is 4.66. The Morgan fingerprint density at radius 2 is 2.25 bits per heavy atom. The molecule has 1 rings (SSSR count). The third kappa shape index (κ3) is 3.16. The number of nitro groups is 1. The van der Waals surface area contributed by atoms with Crippen LogP contribution in [0.4, 0.5) is 5.69 Å². The number of nitrogens with zero attached hydrogens (tertiary/aromatic N) is 1. The Balaban J connectivity index is 3.03. The lowest BCUT2D eigenvalue weighted by atomic mass is 10.2. The van der Waals surface area contributed by atoms with Crippen molar-refractivity contribution in [1.29, 1.82) is 0 Å². The number of carbonyl (C=O) groups is 1. The monoisotopic (exact) mass is 335 g/mol. The van der Waals surface area contributed by atoms with Gasteiger partial charge in [-0.25, -0.2) is 4.79 Å². The number of ether oxygens (including phenoxy) is 1. The van der Waals surface area contributed by atoms with Crippen LogP contribution >= 0.6 is 22.6 Å². The molecule has 1 aromatic carbocycles. The molecule has 0 unspecified atom stereocenters. The number of carbonyl (C=O) groups excluding carboxylic acids is 1. The number of nitro benzene ring substituents is 1. The molecule has 0 aliphatic heterocycles. The van der Waals surface area contributed by atoms with Gasteiger partial charge in [-0.1, -0.05) is 6.92 Å². The largest absolute Gasteiger partial charge is 0.462 e. The fraction of sp³-hybridized carbons (Fsp3) is 0.300. The lowest BCUT2D eigenvalue weighted by Gasteiger charge is -2.04. The first-order valence-electron chi connectivity index (χ1n) is 4.67. The standard InChI is InChI=1S/C10H10INO4/c1-2-5-16-10(13)8-4-3-7(11)6-9(8)12(14)15/h3-4,6H,2,5H2,1H3. The first-order chi connectivity index (χ1) is 7.56. The minimum Gasteiger partial charge on any atom is -0.462 e. The van der Waals surface area contributed by atoms with Gasteiger partial charge in [-0.2, -0.15) is 0 Å². The fourth-order valence-electron chi connectivity index (χ4n) is 1.10. The highest BCUT2D eigenvalue weighted by Crippen LogP contribution is 2.22. The summed E-state index contributed by atoms with van der Waals surface area (Å²) in [6.07, 6.45) is 0.684. The van der Waals surface area contributed by atoms with E-state index in [4.69, 9.17) is 4.74 Å². The van der Waals surface area contributed by atoms with Crippen molar-refractivity contribution in [1.82, 2.24) is 0 Å². The van der Waals surface area contributed by atoms with Gasteiger partial charge in [0, 0.05) is 9.64 Å². The van der Waals surface area contributed by atoms with E-state index < -0.39 is 10.9 Å². The van der Waals surface area contributed by atoms with E-state index in [0.717, 1.165) is 0 Å². The minimum absolute atomic E-state index is 0.00105. The molecule has 0 atom stereocenters. The molecule has 86 valence electrons. The molecule has 0 N–H and O–H groups in total. The summed E-state index contributed by atoms with van der Waals surface area (Å²) in [6, 6.07) is 4.40. The van der Waals surface area contributed by atoms with Crippen LogP contribution in [0.15, 0.2) is 18.2 Å². The van der Waals surface area contributed by atoms with E-state index in [1.807, 2.05) is 29.5 Å². The van der Waals surface area contributed by atoms with Crippen LogP contribution in [0, 0.1) is 13.7 Å². The van der Waals surface area contributed by atoms with Gasteiger partial charge in [-0.15, -0.1) is 0 Å². The maximum Gasteiger partial charge on any atom is 0.345 e. The summed E-state index contributed by atoms with van der Waals surface area (Å²) in [5, 5.41) is 10.7. The van der Waals surface area contributed by atoms with Crippen molar-refractivity contribution in [3.63, 3.8) is 0 Å². The zero-order chi connectivity index (χ0) is 12.1. The lowest BCUT2D eigenvalue weighted by molar-refractivity contribution is -0.385. The minimum atomic E-state index is -0.648. The van der Waals surface area contributed by atoms with Gasteiger partial charge in [-0.05, 0) is 41.1 Å². The van der Waals surface area contributed by atoms with E-state index >= 15 is 0 Å². The molecule has 0 saturated carbocycles. The molecule has 0 aromatic heterocycles. The van der Waals surface area contributed by atoms with Crippen molar-refractivity contribution in [2.24, 2.45) is 0 Å². The summed E-state index contributed by atoms with van der Waals surface area (Å²) in [5.74, 6) is -0.648. The average Bonchev–Trinajstić information content (AvgIpc) is 2.25. The van der Waals surface area contributed by atoms with Gasteiger partial charge in [-0.3, -0.25) is 10.1 Å². The second kappa shape index (κ2) is 5.78. The maximum absolute atomic E-state index is 11.5. The van der Waals surface area contributed by atoms with Gasteiger partial charge < -0.3 is 4.74 Å². The highest BCUT2D eigenvalue weighted by atomic mass is 127. The molecule has 0 bridgehead atoms. The summed E-state index contributed by atoms with van der Waals surface area (Å²) in [5.41, 5.74) is -0.216. The van der Waals surface area contributed by atoms with Crippen LogP contribution in [0.5, 0.6) is 0 Å². The van der Waals surface area contributed by atoms with Crippen molar-refractivity contribution in [3.05, 3.63) is 37.4 Å². The van der Waals surface area contributed by atoms with Gasteiger partial charge >= 0.3 is 5.97 Å². The van der Waals surface area contributed by atoms with Crippen LogP contribution in [0.3, 0.4) is 0 Å². The smallest absolute Gasteiger partial charge is 0.345 e. The van der Waals surface area contributed by atoms with Gasteiger partial charge in [0.2, 0.25) is 0 Å². The Labute approximate surface area is 106 Å². The van der Waals surface area contributed by atoms with Crippen LogP contribution in [0.2, 0.25) is 0 Å². The molecule has 0 radical (unpaired) electrons. The molecule has 16 heavy (non-hydrogen) atoms. The zero-order valence-electron chi connectivity index (χ0n) is 8.60. The lowest BCUT2D eigenvalue weighted by Crippen LogP contribution is -2.09. The van der Waals surface area contributed by atoms with Crippen LogP contribution in [-0.4, -0.2) is 17.5 Å². The second-order valence-corrected chi connectivity index (χ2v) is 4.30. The van der Waals surface area contributed by atoms with Crippen molar-refractivity contribution >= 4 is 34.2 Å². The summed E-state index contributed by atoms with van der Waals surface area (Å²) >= 11 is 1.95. The van der Waals surface area contributed by atoms with E-state index in [1.165, 1.54) is 12.1 Å². The van der Waals surface area contributed by atoms with Crippen LogP contribution < -0.4 is 0 Å². The molecule has 0 saturated heterocycles. The third-order valence-corrected chi connectivity index (χ3v) is 2.48. The number of rotatable bonds is 4. The molecule has 1 aromatic rings. The molecule has 0 aliphatic carbocycles. The first-order valence-corrected chi connectivity index (χ1v) is 5.75. The van der Waals surface area contributed by atoms with Crippen LogP contribution in [0.25, 0.3) is 0 Å². The second-order valence-electron chi connectivity index (χ2n) is 3.05. The molecule has 0 spiro atoms. The third-order valence-electron chi connectivity index (χ3n) is 1.81. The summed E-state index contributed by atoms with van der Waals surface area (Å²) < 4.78 is 5.57. The Hall–Kier alpha value is -1.18. The molecule has 0 aliphatic rings. The fourth-order valence-corrected chi connectivity index (χ4v) is 1.58. The topological polar surface area (TPSA) is 69.4 Å².